The molecule has 2 N–H and O–H groups in total. The Morgan fingerprint density at radius 3 is 2.84 bits per heavy atom. The normalized spacial score (nSPS) is 25.3. The second-order valence-corrected chi connectivity index (χ2v) is 6.27. The fourth-order valence-electron chi connectivity index (χ4n) is 2.85. The van der Waals surface area contributed by atoms with Crippen molar-refractivity contribution in [1.29, 1.82) is 0 Å². The molecule has 1 aliphatic carbocycles. The minimum atomic E-state index is -0.299. The molecule has 0 aromatic carbocycles. The Hall–Kier alpha value is -0.870. The van der Waals surface area contributed by atoms with Crippen molar-refractivity contribution >= 4 is 17.2 Å². The van der Waals surface area contributed by atoms with Crippen molar-refractivity contribution in [2.45, 2.75) is 38.5 Å². The van der Waals surface area contributed by atoms with Gasteiger partial charge in [0.15, 0.2) is 0 Å². The van der Waals surface area contributed by atoms with Crippen LogP contribution in [0.2, 0.25) is 0 Å². The van der Waals surface area contributed by atoms with Crippen molar-refractivity contribution in [3.63, 3.8) is 0 Å². The predicted molar refractivity (Wildman–Crippen MR) is 80.3 cm³/mol. The van der Waals surface area contributed by atoms with E-state index in [1.54, 1.807) is 11.3 Å². The van der Waals surface area contributed by atoms with Crippen molar-refractivity contribution in [2.75, 3.05) is 19.6 Å². The number of carbonyl (C=O) groups is 1. The predicted octanol–water partition coefficient (Wildman–Crippen LogP) is 2.61. The summed E-state index contributed by atoms with van der Waals surface area (Å²) in [4.78, 5) is 16.1. The summed E-state index contributed by atoms with van der Waals surface area (Å²) >= 11 is 1.69. The van der Waals surface area contributed by atoms with Gasteiger partial charge in [-0.05, 0) is 43.7 Å². The minimum absolute atomic E-state index is 0.293. The third-order valence-corrected chi connectivity index (χ3v) is 5.23. The maximum atomic E-state index is 12.9. The first-order chi connectivity index (χ1) is 9.20. The van der Waals surface area contributed by atoms with Gasteiger partial charge < -0.3 is 10.6 Å². The Morgan fingerprint density at radius 2 is 2.37 bits per heavy atom. The summed E-state index contributed by atoms with van der Waals surface area (Å²) in [6, 6.07) is 4.12. The Bertz CT molecular complexity index is 418. The molecule has 0 bridgehead atoms. The van der Waals surface area contributed by atoms with Gasteiger partial charge in [0.1, 0.15) is 0 Å². The largest absolute Gasteiger partial charge is 0.342 e. The van der Waals surface area contributed by atoms with Gasteiger partial charge in [-0.2, -0.15) is 0 Å². The molecule has 0 spiro atoms. The lowest BCUT2D eigenvalue weighted by molar-refractivity contribution is -0.134. The molecule has 1 heterocycles. The van der Waals surface area contributed by atoms with Gasteiger partial charge >= 0.3 is 0 Å². The Kier molecular flexibility index (Phi) is 4.63. The average Bonchev–Trinajstić information content (AvgIpc) is 2.92. The highest BCUT2D eigenvalue weighted by molar-refractivity contribution is 7.10. The molecule has 0 saturated heterocycles. The van der Waals surface area contributed by atoms with E-state index in [-0.39, 0.29) is 5.41 Å². The fraction of sp³-hybridized carbons (Fsp3) is 0.667. The van der Waals surface area contributed by atoms with Crippen LogP contribution in [0.1, 0.15) is 38.0 Å². The molecule has 2 rings (SSSR count). The molecule has 1 aromatic heterocycles. The molecule has 0 aliphatic heterocycles. The first-order valence-electron chi connectivity index (χ1n) is 7.24. The number of nitrogens with zero attached hydrogens (tertiary/aromatic N) is 1. The lowest BCUT2D eigenvalue weighted by Gasteiger charge is -2.26. The summed E-state index contributed by atoms with van der Waals surface area (Å²) in [5.41, 5.74) is 5.53. The summed E-state index contributed by atoms with van der Waals surface area (Å²) in [6.45, 7) is 6.50. The van der Waals surface area contributed by atoms with Crippen LogP contribution in [0.3, 0.4) is 0 Å². The topological polar surface area (TPSA) is 46.3 Å². The quantitative estimate of drug-likeness (QED) is 0.834. The molecule has 0 unspecified atom stereocenters. The molecule has 19 heavy (non-hydrogen) atoms. The van der Waals surface area contributed by atoms with E-state index in [0.717, 1.165) is 32.4 Å². The van der Waals surface area contributed by atoms with Gasteiger partial charge in [-0.25, -0.2) is 0 Å². The number of carbonyl (C=O) groups excluding carboxylic acids is 1. The van der Waals surface area contributed by atoms with E-state index in [9.17, 15) is 4.79 Å². The molecule has 106 valence electrons. The Balaban J connectivity index is 2.18. The summed E-state index contributed by atoms with van der Waals surface area (Å²) < 4.78 is 0. The number of unbranched alkanes of at least 4 members (excludes halogenated alkanes) is 1. The second-order valence-electron chi connectivity index (χ2n) is 5.32. The van der Waals surface area contributed by atoms with Gasteiger partial charge in [-0.3, -0.25) is 4.79 Å². The fourth-order valence-corrected chi connectivity index (χ4v) is 3.86. The number of rotatable bonds is 7. The number of hydrogen-bond donors (Lipinski definition) is 1. The molecular formula is C15H24N2OS. The van der Waals surface area contributed by atoms with E-state index in [1.165, 1.54) is 4.88 Å². The average molecular weight is 280 g/mol. The van der Waals surface area contributed by atoms with Gasteiger partial charge in [0.05, 0.1) is 5.41 Å². The minimum Gasteiger partial charge on any atom is -0.342 e. The summed E-state index contributed by atoms with van der Waals surface area (Å²) in [7, 11) is 0. The molecule has 1 amide bonds. The van der Waals surface area contributed by atoms with Gasteiger partial charge in [0.25, 0.3) is 0 Å². The van der Waals surface area contributed by atoms with Crippen molar-refractivity contribution in [2.24, 2.45) is 11.7 Å². The summed E-state index contributed by atoms with van der Waals surface area (Å²) in [5, 5.41) is 2.05. The number of amides is 1. The van der Waals surface area contributed by atoms with E-state index in [4.69, 9.17) is 5.73 Å². The zero-order valence-corrected chi connectivity index (χ0v) is 12.7. The SMILES string of the molecule is CCCCN(CC)C(=O)[C@@]1(c2cccs2)C[C@H]1CN. The van der Waals surface area contributed by atoms with E-state index in [2.05, 4.69) is 25.3 Å². The monoisotopic (exact) mass is 280 g/mol. The van der Waals surface area contributed by atoms with Crippen LogP contribution in [0.25, 0.3) is 0 Å². The molecule has 2 atom stereocenters. The highest BCUT2D eigenvalue weighted by Crippen LogP contribution is 2.56. The highest BCUT2D eigenvalue weighted by atomic mass is 32.1. The van der Waals surface area contributed by atoms with Crippen LogP contribution < -0.4 is 5.73 Å². The zero-order chi connectivity index (χ0) is 13.9. The summed E-state index contributed by atoms with van der Waals surface area (Å²) in [6.07, 6.45) is 3.12. The molecule has 1 saturated carbocycles. The lowest BCUT2D eigenvalue weighted by atomic mass is 9.99. The Labute approximate surface area is 119 Å². The maximum Gasteiger partial charge on any atom is 0.234 e. The van der Waals surface area contributed by atoms with E-state index < -0.39 is 0 Å². The number of likely N-dealkylation sites (N-methyl/N-ethyl adjacent to an activating group) is 1. The van der Waals surface area contributed by atoms with Crippen molar-refractivity contribution in [3.05, 3.63) is 22.4 Å². The molecular weight excluding hydrogens is 256 g/mol. The van der Waals surface area contributed by atoms with Crippen LogP contribution in [0.15, 0.2) is 17.5 Å². The smallest absolute Gasteiger partial charge is 0.234 e. The van der Waals surface area contributed by atoms with Crippen LogP contribution in [0.4, 0.5) is 0 Å². The van der Waals surface area contributed by atoms with Crippen LogP contribution in [-0.4, -0.2) is 30.4 Å². The molecule has 1 aliphatic rings. The van der Waals surface area contributed by atoms with Crippen LogP contribution in [0.5, 0.6) is 0 Å². The Morgan fingerprint density at radius 1 is 1.58 bits per heavy atom. The molecule has 4 heteroatoms. The van der Waals surface area contributed by atoms with E-state index in [0.29, 0.717) is 18.4 Å². The molecule has 3 nitrogen and oxygen atoms in total. The standard InChI is InChI=1S/C15H24N2OS/c1-3-5-8-17(4-2)14(18)15(10-12(15)11-16)13-7-6-9-19-13/h6-7,9,12H,3-5,8,10-11,16H2,1-2H3/t12-,15-/m0/s1. The first kappa shape index (κ1) is 14.5. The van der Waals surface area contributed by atoms with E-state index >= 15 is 0 Å². The van der Waals surface area contributed by atoms with Crippen LogP contribution in [-0.2, 0) is 10.2 Å². The van der Waals surface area contributed by atoms with Gasteiger partial charge in [0, 0.05) is 18.0 Å². The third-order valence-electron chi connectivity index (χ3n) is 4.18. The van der Waals surface area contributed by atoms with Crippen LogP contribution in [0, 0.1) is 5.92 Å². The molecule has 1 fully saturated rings. The van der Waals surface area contributed by atoms with Crippen molar-refractivity contribution in [3.8, 4) is 0 Å². The van der Waals surface area contributed by atoms with Gasteiger partial charge in [-0.1, -0.05) is 19.4 Å². The first-order valence-corrected chi connectivity index (χ1v) is 8.12. The van der Waals surface area contributed by atoms with Crippen LogP contribution >= 0.6 is 11.3 Å². The van der Waals surface area contributed by atoms with Crippen molar-refractivity contribution in [1.82, 2.24) is 4.90 Å². The zero-order valence-electron chi connectivity index (χ0n) is 11.9. The van der Waals surface area contributed by atoms with E-state index in [1.807, 2.05) is 11.0 Å². The second kappa shape index (κ2) is 6.06. The third kappa shape index (κ3) is 2.56. The lowest BCUT2D eigenvalue weighted by Crippen LogP contribution is -2.41. The van der Waals surface area contributed by atoms with Gasteiger partial charge in [0.2, 0.25) is 5.91 Å². The number of hydrogen-bond acceptors (Lipinski definition) is 3. The number of nitrogens with two attached hydrogens (primary N) is 1. The van der Waals surface area contributed by atoms with Gasteiger partial charge in [-0.15, -0.1) is 11.3 Å². The maximum absolute atomic E-state index is 12.9. The van der Waals surface area contributed by atoms with Crippen molar-refractivity contribution < 1.29 is 4.79 Å². The summed E-state index contributed by atoms with van der Waals surface area (Å²) in [5.74, 6) is 0.621. The molecule has 0 radical (unpaired) electrons. The molecule has 1 aromatic rings. The highest BCUT2D eigenvalue weighted by Gasteiger charge is 2.61. The number of thiophene rings is 1.